The molecule has 0 bridgehead atoms. The molecule has 1 heterocycles. The zero-order chi connectivity index (χ0) is 13.7. The minimum absolute atomic E-state index is 0.106. The van der Waals surface area contributed by atoms with Crippen LogP contribution in [0.3, 0.4) is 0 Å². The van der Waals surface area contributed by atoms with Crippen LogP contribution in [0.1, 0.15) is 23.0 Å². The summed E-state index contributed by atoms with van der Waals surface area (Å²) in [5.41, 5.74) is 1.36. The molecule has 1 aromatic carbocycles. The maximum absolute atomic E-state index is 11.4. The molecule has 0 radical (unpaired) electrons. The van der Waals surface area contributed by atoms with Gasteiger partial charge in [-0.15, -0.1) is 0 Å². The second-order valence-corrected chi connectivity index (χ2v) is 4.04. The van der Waals surface area contributed by atoms with Gasteiger partial charge in [-0.2, -0.15) is 0 Å². The van der Waals surface area contributed by atoms with Crippen LogP contribution in [0.25, 0.3) is 0 Å². The highest BCUT2D eigenvalue weighted by molar-refractivity contribution is 5.94. The van der Waals surface area contributed by atoms with Crippen molar-refractivity contribution in [3.63, 3.8) is 0 Å². The maximum atomic E-state index is 11.4. The Bertz CT molecular complexity index is 564. The van der Waals surface area contributed by atoms with Gasteiger partial charge in [-0.25, -0.2) is 4.98 Å². The van der Waals surface area contributed by atoms with Crippen LogP contribution >= 0.6 is 0 Å². The average Bonchev–Trinajstić information content (AvgIpc) is 2.46. The Hall–Kier alpha value is -2.36. The molecule has 0 atom stereocenters. The Kier molecular flexibility index (Phi) is 4.13. The standard InChI is InChI=1S/C15H15NO3/c1-11(17)15-14(4-3-9-16-15)19-10-12-5-7-13(18-2)8-6-12/h3-9H,10H2,1-2H3. The number of ketones is 1. The van der Waals surface area contributed by atoms with Gasteiger partial charge >= 0.3 is 0 Å². The van der Waals surface area contributed by atoms with Crippen LogP contribution in [0, 0.1) is 0 Å². The number of nitrogens with zero attached hydrogens (tertiary/aromatic N) is 1. The van der Waals surface area contributed by atoms with Gasteiger partial charge < -0.3 is 9.47 Å². The van der Waals surface area contributed by atoms with Gasteiger partial charge in [0.1, 0.15) is 23.8 Å². The van der Waals surface area contributed by atoms with Crippen LogP contribution in [0.15, 0.2) is 42.6 Å². The van der Waals surface area contributed by atoms with Crippen molar-refractivity contribution < 1.29 is 14.3 Å². The first-order valence-corrected chi connectivity index (χ1v) is 5.92. The number of benzene rings is 1. The summed E-state index contributed by atoms with van der Waals surface area (Å²) >= 11 is 0. The fourth-order valence-corrected chi connectivity index (χ4v) is 1.65. The van der Waals surface area contributed by atoms with Crippen molar-refractivity contribution in [3.8, 4) is 11.5 Å². The molecule has 0 aliphatic rings. The Labute approximate surface area is 112 Å². The van der Waals surface area contributed by atoms with E-state index in [-0.39, 0.29) is 5.78 Å². The van der Waals surface area contributed by atoms with Crippen molar-refractivity contribution >= 4 is 5.78 Å². The number of aromatic nitrogens is 1. The molecule has 0 spiro atoms. The third-order valence-corrected chi connectivity index (χ3v) is 2.66. The lowest BCUT2D eigenvalue weighted by molar-refractivity contribution is 0.100. The van der Waals surface area contributed by atoms with Gasteiger partial charge in [-0.1, -0.05) is 12.1 Å². The fraction of sp³-hybridized carbons (Fsp3) is 0.200. The molecule has 0 amide bonds. The number of hydrogen-bond donors (Lipinski definition) is 0. The van der Waals surface area contributed by atoms with Gasteiger partial charge in [0.05, 0.1) is 7.11 Å². The molecule has 0 saturated carbocycles. The molecule has 2 aromatic rings. The molecular formula is C15H15NO3. The molecule has 4 heteroatoms. The Morgan fingerprint density at radius 2 is 1.95 bits per heavy atom. The number of Topliss-reactive ketones (excluding diaryl/α,β-unsaturated/α-hetero) is 1. The van der Waals surface area contributed by atoms with Gasteiger partial charge in [0.15, 0.2) is 5.78 Å². The largest absolute Gasteiger partial charge is 0.497 e. The van der Waals surface area contributed by atoms with Crippen molar-refractivity contribution in [1.29, 1.82) is 0 Å². The van der Waals surface area contributed by atoms with E-state index in [2.05, 4.69) is 4.98 Å². The summed E-state index contributed by atoms with van der Waals surface area (Å²) in [7, 11) is 1.63. The van der Waals surface area contributed by atoms with E-state index in [9.17, 15) is 4.79 Å². The highest BCUT2D eigenvalue weighted by Crippen LogP contribution is 2.18. The summed E-state index contributed by atoms with van der Waals surface area (Å²) in [6, 6.07) is 11.1. The van der Waals surface area contributed by atoms with E-state index < -0.39 is 0 Å². The van der Waals surface area contributed by atoms with Crippen LogP contribution in [0.4, 0.5) is 0 Å². The molecule has 0 aliphatic heterocycles. The molecule has 98 valence electrons. The van der Waals surface area contributed by atoms with E-state index in [0.717, 1.165) is 11.3 Å². The summed E-state index contributed by atoms with van der Waals surface area (Å²) in [6.45, 7) is 1.86. The summed E-state index contributed by atoms with van der Waals surface area (Å²) in [4.78, 5) is 15.4. The van der Waals surface area contributed by atoms with Crippen molar-refractivity contribution in [1.82, 2.24) is 4.98 Å². The maximum Gasteiger partial charge on any atom is 0.181 e. The van der Waals surface area contributed by atoms with Gasteiger partial charge in [-0.05, 0) is 29.8 Å². The molecule has 2 rings (SSSR count). The number of ether oxygens (including phenoxy) is 2. The van der Waals surface area contributed by atoms with Crippen molar-refractivity contribution in [3.05, 3.63) is 53.9 Å². The summed E-state index contributed by atoms with van der Waals surface area (Å²) in [6.07, 6.45) is 1.58. The Morgan fingerprint density at radius 1 is 1.21 bits per heavy atom. The normalized spacial score (nSPS) is 10.0. The highest BCUT2D eigenvalue weighted by Gasteiger charge is 2.09. The van der Waals surface area contributed by atoms with E-state index >= 15 is 0 Å². The first-order valence-electron chi connectivity index (χ1n) is 5.92. The molecule has 0 fully saturated rings. The molecule has 0 N–H and O–H groups in total. The lowest BCUT2D eigenvalue weighted by Gasteiger charge is -2.09. The van der Waals surface area contributed by atoms with Gasteiger partial charge in [0.2, 0.25) is 0 Å². The van der Waals surface area contributed by atoms with Crippen LogP contribution in [-0.4, -0.2) is 17.9 Å². The molecule has 0 unspecified atom stereocenters. The summed E-state index contributed by atoms with van der Waals surface area (Å²) in [5.74, 6) is 1.20. The van der Waals surface area contributed by atoms with Crippen molar-refractivity contribution in [2.24, 2.45) is 0 Å². The van der Waals surface area contributed by atoms with E-state index in [1.807, 2.05) is 24.3 Å². The Balaban J connectivity index is 2.07. The molecule has 0 saturated heterocycles. The summed E-state index contributed by atoms with van der Waals surface area (Å²) in [5, 5.41) is 0. The van der Waals surface area contributed by atoms with E-state index in [0.29, 0.717) is 18.1 Å². The monoisotopic (exact) mass is 257 g/mol. The predicted molar refractivity (Wildman–Crippen MR) is 71.6 cm³/mol. The average molecular weight is 257 g/mol. The first-order chi connectivity index (χ1) is 9.20. The van der Waals surface area contributed by atoms with E-state index in [1.54, 1.807) is 25.4 Å². The SMILES string of the molecule is COc1ccc(COc2cccnc2C(C)=O)cc1. The van der Waals surface area contributed by atoms with Crippen molar-refractivity contribution in [2.75, 3.05) is 7.11 Å². The topological polar surface area (TPSA) is 48.4 Å². The van der Waals surface area contributed by atoms with E-state index in [1.165, 1.54) is 6.92 Å². The third-order valence-electron chi connectivity index (χ3n) is 2.66. The number of methoxy groups -OCH3 is 1. The lowest BCUT2D eigenvalue weighted by atomic mass is 10.2. The zero-order valence-corrected chi connectivity index (χ0v) is 10.9. The van der Waals surface area contributed by atoms with Crippen LogP contribution < -0.4 is 9.47 Å². The van der Waals surface area contributed by atoms with Gasteiger partial charge in [0, 0.05) is 13.1 Å². The number of carbonyl (C=O) groups excluding carboxylic acids is 1. The minimum atomic E-state index is -0.106. The van der Waals surface area contributed by atoms with Crippen LogP contribution in [-0.2, 0) is 6.61 Å². The number of pyridine rings is 1. The Morgan fingerprint density at radius 3 is 2.58 bits per heavy atom. The quantitative estimate of drug-likeness (QED) is 0.773. The van der Waals surface area contributed by atoms with Crippen molar-refractivity contribution in [2.45, 2.75) is 13.5 Å². The van der Waals surface area contributed by atoms with Gasteiger partial charge in [0.25, 0.3) is 0 Å². The highest BCUT2D eigenvalue weighted by atomic mass is 16.5. The van der Waals surface area contributed by atoms with E-state index in [4.69, 9.17) is 9.47 Å². The lowest BCUT2D eigenvalue weighted by Crippen LogP contribution is -2.03. The number of rotatable bonds is 5. The third kappa shape index (κ3) is 3.31. The molecule has 0 aliphatic carbocycles. The van der Waals surface area contributed by atoms with Gasteiger partial charge in [-0.3, -0.25) is 4.79 Å². The summed E-state index contributed by atoms with van der Waals surface area (Å²) < 4.78 is 10.7. The van der Waals surface area contributed by atoms with Crippen LogP contribution in [0.2, 0.25) is 0 Å². The minimum Gasteiger partial charge on any atom is -0.497 e. The fourth-order valence-electron chi connectivity index (χ4n) is 1.65. The zero-order valence-electron chi connectivity index (χ0n) is 10.9. The second kappa shape index (κ2) is 6.00. The first kappa shape index (κ1) is 13.1. The predicted octanol–water partition coefficient (Wildman–Crippen LogP) is 2.87. The smallest absolute Gasteiger partial charge is 0.181 e. The second-order valence-electron chi connectivity index (χ2n) is 4.04. The number of hydrogen-bond acceptors (Lipinski definition) is 4. The molecule has 4 nitrogen and oxygen atoms in total. The molecular weight excluding hydrogens is 242 g/mol. The molecule has 1 aromatic heterocycles. The molecule has 19 heavy (non-hydrogen) atoms. The number of carbonyl (C=O) groups is 1. The van der Waals surface area contributed by atoms with Crippen LogP contribution in [0.5, 0.6) is 11.5 Å².